The Hall–Kier alpha value is -2.08. The molecule has 1 rings (SSSR count). The van der Waals surface area contributed by atoms with Gasteiger partial charge in [0, 0.05) is 13.0 Å². The molecule has 0 spiro atoms. The first-order valence-electron chi connectivity index (χ1n) is 6.41. The molecule has 1 aromatic carbocycles. The Morgan fingerprint density at radius 3 is 2.75 bits per heavy atom. The summed E-state index contributed by atoms with van der Waals surface area (Å²) < 4.78 is 5.30. The summed E-state index contributed by atoms with van der Waals surface area (Å²) in [6.07, 6.45) is 0.827. The standard InChI is InChI=1S/C14H19NO5/c1-2-10-4-3-5-11(8-10)20-9-13(17)15-12(6-7-16)14(18)19/h3-5,8,12,16H,2,6-7,9H2,1H3,(H,15,17)(H,18,19). The van der Waals surface area contributed by atoms with E-state index in [1.807, 2.05) is 25.1 Å². The topological polar surface area (TPSA) is 95.9 Å². The van der Waals surface area contributed by atoms with E-state index in [0.29, 0.717) is 5.75 Å². The summed E-state index contributed by atoms with van der Waals surface area (Å²) in [6, 6.07) is 6.25. The molecule has 0 bridgehead atoms. The van der Waals surface area contributed by atoms with Crippen molar-refractivity contribution < 1.29 is 24.5 Å². The van der Waals surface area contributed by atoms with E-state index in [1.165, 1.54) is 0 Å². The number of carbonyl (C=O) groups excluding carboxylic acids is 1. The van der Waals surface area contributed by atoms with Crippen LogP contribution in [0.3, 0.4) is 0 Å². The third-order valence-corrected chi connectivity index (χ3v) is 2.73. The highest BCUT2D eigenvalue weighted by molar-refractivity contribution is 5.84. The Morgan fingerprint density at radius 1 is 1.40 bits per heavy atom. The van der Waals surface area contributed by atoms with Gasteiger partial charge in [0.25, 0.3) is 5.91 Å². The predicted octanol–water partition coefficient (Wildman–Crippen LogP) is 0.580. The van der Waals surface area contributed by atoms with Crippen molar-refractivity contribution in [3.05, 3.63) is 29.8 Å². The quantitative estimate of drug-likeness (QED) is 0.648. The first-order chi connectivity index (χ1) is 9.56. The van der Waals surface area contributed by atoms with Crippen LogP contribution in [0.1, 0.15) is 18.9 Å². The third-order valence-electron chi connectivity index (χ3n) is 2.73. The number of aliphatic hydroxyl groups is 1. The van der Waals surface area contributed by atoms with Crippen molar-refractivity contribution in [3.8, 4) is 5.75 Å². The third kappa shape index (κ3) is 5.27. The van der Waals surface area contributed by atoms with E-state index in [9.17, 15) is 9.59 Å². The molecule has 6 nitrogen and oxygen atoms in total. The van der Waals surface area contributed by atoms with Gasteiger partial charge >= 0.3 is 5.97 Å². The Labute approximate surface area is 117 Å². The lowest BCUT2D eigenvalue weighted by Gasteiger charge is -2.13. The number of benzene rings is 1. The maximum Gasteiger partial charge on any atom is 0.326 e. The molecule has 1 atom stereocenters. The summed E-state index contributed by atoms with van der Waals surface area (Å²) in [6.45, 7) is 1.44. The first kappa shape index (κ1) is 16.0. The van der Waals surface area contributed by atoms with Crippen LogP contribution in [0.4, 0.5) is 0 Å². The molecule has 0 aliphatic rings. The SMILES string of the molecule is CCc1cccc(OCC(=O)NC(CCO)C(=O)O)c1. The van der Waals surface area contributed by atoms with E-state index < -0.39 is 17.9 Å². The van der Waals surface area contributed by atoms with Crippen LogP contribution in [0.15, 0.2) is 24.3 Å². The number of carbonyl (C=O) groups is 2. The van der Waals surface area contributed by atoms with Crippen molar-refractivity contribution in [1.82, 2.24) is 5.32 Å². The normalized spacial score (nSPS) is 11.7. The molecule has 0 saturated heterocycles. The van der Waals surface area contributed by atoms with E-state index in [1.54, 1.807) is 6.07 Å². The molecular formula is C14H19NO5. The first-order valence-corrected chi connectivity index (χ1v) is 6.41. The van der Waals surface area contributed by atoms with E-state index in [2.05, 4.69) is 5.32 Å². The minimum Gasteiger partial charge on any atom is -0.484 e. The van der Waals surface area contributed by atoms with Gasteiger partial charge < -0.3 is 20.3 Å². The highest BCUT2D eigenvalue weighted by atomic mass is 16.5. The van der Waals surface area contributed by atoms with Gasteiger partial charge in [-0.25, -0.2) is 4.79 Å². The van der Waals surface area contributed by atoms with Crippen molar-refractivity contribution in [2.45, 2.75) is 25.8 Å². The minimum atomic E-state index is -1.18. The van der Waals surface area contributed by atoms with Gasteiger partial charge in [-0.3, -0.25) is 4.79 Å². The second kappa shape index (κ2) is 8.16. The molecule has 0 aromatic heterocycles. The number of hydrogen-bond acceptors (Lipinski definition) is 4. The fourth-order valence-corrected chi connectivity index (χ4v) is 1.63. The van der Waals surface area contributed by atoms with Crippen molar-refractivity contribution in [3.63, 3.8) is 0 Å². The molecule has 1 amide bonds. The van der Waals surface area contributed by atoms with Gasteiger partial charge in [0.1, 0.15) is 11.8 Å². The number of aliphatic carboxylic acids is 1. The van der Waals surface area contributed by atoms with E-state index in [0.717, 1.165) is 12.0 Å². The zero-order chi connectivity index (χ0) is 15.0. The lowest BCUT2D eigenvalue weighted by Crippen LogP contribution is -2.43. The van der Waals surface area contributed by atoms with Crippen LogP contribution in [0, 0.1) is 0 Å². The number of ether oxygens (including phenoxy) is 1. The summed E-state index contributed by atoms with van der Waals surface area (Å²) in [5, 5.41) is 19.9. The molecule has 1 unspecified atom stereocenters. The Bertz CT molecular complexity index is 461. The number of carboxylic acids is 1. The molecule has 3 N–H and O–H groups in total. The Kier molecular flexibility index (Phi) is 6.52. The largest absolute Gasteiger partial charge is 0.484 e. The van der Waals surface area contributed by atoms with E-state index in [-0.39, 0.29) is 19.6 Å². The zero-order valence-corrected chi connectivity index (χ0v) is 11.3. The molecule has 0 fully saturated rings. The van der Waals surface area contributed by atoms with Crippen molar-refractivity contribution in [1.29, 1.82) is 0 Å². The Morgan fingerprint density at radius 2 is 2.15 bits per heavy atom. The average molecular weight is 281 g/mol. The number of rotatable bonds is 8. The molecule has 0 aliphatic carbocycles. The van der Waals surface area contributed by atoms with Gasteiger partial charge in [-0.15, -0.1) is 0 Å². The van der Waals surface area contributed by atoms with E-state index >= 15 is 0 Å². The van der Waals surface area contributed by atoms with Crippen LogP contribution in [0.25, 0.3) is 0 Å². The average Bonchev–Trinajstić information content (AvgIpc) is 2.44. The number of aliphatic hydroxyl groups excluding tert-OH is 1. The highest BCUT2D eigenvalue weighted by Gasteiger charge is 2.19. The van der Waals surface area contributed by atoms with Gasteiger partial charge in [-0.05, 0) is 24.1 Å². The molecule has 0 saturated carbocycles. The molecule has 0 aliphatic heterocycles. The fourth-order valence-electron chi connectivity index (χ4n) is 1.63. The monoisotopic (exact) mass is 281 g/mol. The second-order valence-electron chi connectivity index (χ2n) is 4.26. The van der Waals surface area contributed by atoms with Crippen molar-refractivity contribution >= 4 is 11.9 Å². The van der Waals surface area contributed by atoms with Gasteiger partial charge in [0.05, 0.1) is 0 Å². The molecule has 6 heteroatoms. The van der Waals surface area contributed by atoms with Crippen LogP contribution in [-0.4, -0.2) is 41.3 Å². The fraction of sp³-hybridized carbons (Fsp3) is 0.429. The van der Waals surface area contributed by atoms with Gasteiger partial charge in [-0.1, -0.05) is 19.1 Å². The Balaban J connectivity index is 2.47. The number of nitrogens with one attached hydrogen (secondary N) is 1. The minimum absolute atomic E-state index is 0.0353. The molecule has 1 aromatic rings. The predicted molar refractivity (Wildman–Crippen MR) is 72.6 cm³/mol. The van der Waals surface area contributed by atoms with Crippen LogP contribution in [-0.2, 0) is 16.0 Å². The summed E-state index contributed by atoms with van der Waals surface area (Å²) in [7, 11) is 0. The molecule has 110 valence electrons. The zero-order valence-electron chi connectivity index (χ0n) is 11.3. The van der Waals surface area contributed by atoms with Crippen molar-refractivity contribution in [2.24, 2.45) is 0 Å². The van der Waals surface area contributed by atoms with Crippen LogP contribution < -0.4 is 10.1 Å². The summed E-state index contributed by atoms with van der Waals surface area (Å²) in [5.74, 6) is -1.15. The highest BCUT2D eigenvalue weighted by Crippen LogP contribution is 2.13. The number of amides is 1. The molecule has 0 heterocycles. The second-order valence-corrected chi connectivity index (χ2v) is 4.26. The lowest BCUT2D eigenvalue weighted by molar-refractivity contribution is -0.142. The molecular weight excluding hydrogens is 262 g/mol. The molecule has 20 heavy (non-hydrogen) atoms. The van der Waals surface area contributed by atoms with Gasteiger partial charge in [-0.2, -0.15) is 0 Å². The number of aryl methyl sites for hydroxylation is 1. The maximum absolute atomic E-state index is 11.6. The summed E-state index contributed by atoms with van der Waals surface area (Å²) in [4.78, 5) is 22.4. The van der Waals surface area contributed by atoms with Crippen molar-refractivity contribution in [2.75, 3.05) is 13.2 Å². The summed E-state index contributed by atoms with van der Waals surface area (Å²) >= 11 is 0. The van der Waals surface area contributed by atoms with Gasteiger partial charge in [0.2, 0.25) is 0 Å². The van der Waals surface area contributed by atoms with Crippen LogP contribution in [0.2, 0.25) is 0 Å². The summed E-state index contributed by atoms with van der Waals surface area (Å²) in [5.41, 5.74) is 1.09. The van der Waals surface area contributed by atoms with Crippen LogP contribution >= 0.6 is 0 Å². The van der Waals surface area contributed by atoms with Crippen LogP contribution in [0.5, 0.6) is 5.75 Å². The molecule has 0 radical (unpaired) electrons. The smallest absolute Gasteiger partial charge is 0.326 e. The number of hydrogen-bond donors (Lipinski definition) is 3. The number of carboxylic acid groups (broad SMARTS) is 1. The maximum atomic E-state index is 11.6. The van der Waals surface area contributed by atoms with Gasteiger partial charge in [0.15, 0.2) is 6.61 Å². The lowest BCUT2D eigenvalue weighted by atomic mass is 10.2. The van der Waals surface area contributed by atoms with E-state index in [4.69, 9.17) is 14.9 Å².